The first-order valence-corrected chi connectivity index (χ1v) is 9.35. The van der Waals surface area contributed by atoms with Gasteiger partial charge < -0.3 is 15.1 Å². The lowest BCUT2D eigenvalue weighted by Gasteiger charge is -2.37. The highest BCUT2D eigenvalue weighted by atomic mass is 16.2. The number of nitrogens with one attached hydrogen (secondary N) is 1. The standard InChI is InChI=1S/C19H28N4O2/c1-15(24)21-11-6-16-4-2-12-22(14-16)19(25)23-13-3-5-18(23)17-7-9-20-10-8-17/h7-10,16,18H,2-6,11-14H2,1H3,(H,21,24). The Bertz CT molecular complexity index is 592. The molecule has 1 aromatic heterocycles. The van der Waals surface area contributed by atoms with E-state index in [1.54, 1.807) is 19.3 Å². The zero-order valence-corrected chi connectivity index (χ0v) is 15.0. The molecule has 1 N–H and O–H groups in total. The summed E-state index contributed by atoms with van der Waals surface area (Å²) >= 11 is 0. The molecule has 0 aromatic carbocycles. The second-order valence-electron chi connectivity index (χ2n) is 7.14. The van der Waals surface area contributed by atoms with Gasteiger partial charge in [0.05, 0.1) is 6.04 Å². The first kappa shape index (κ1) is 17.7. The van der Waals surface area contributed by atoms with Crippen molar-refractivity contribution in [3.63, 3.8) is 0 Å². The van der Waals surface area contributed by atoms with Gasteiger partial charge in [-0.3, -0.25) is 9.78 Å². The van der Waals surface area contributed by atoms with Gasteiger partial charge in [0, 0.05) is 45.5 Å². The van der Waals surface area contributed by atoms with Gasteiger partial charge in [-0.25, -0.2) is 4.79 Å². The highest BCUT2D eigenvalue weighted by molar-refractivity contribution is 5.75. The summed E-state index contributed by atoms with van der Waals surface area (Å²) in [6.45, 7) is 4.72. The maximum atomic E-state index is 13.1. The second kappa shape index (κ2) is 8.32. The van der Waals surface area contributed by atoms with Gasteiger partial charge in [-0.15, -0.1) is 0 Å². The van der Waals surface area contributed by atoms with Gasteiger partial charge in [-0.1, -0.05) is 0 Å². The number of pyridine rings is 1. The van der Waals surface area contributed by atoms with E-state index in [1.807, 2.05) is 21.9 Å². The minimum absolute atomic E-state index is 0.0148. The summed E-state index contributed by atoms with van der Waals surface area (Å²) in [5, 5.41) is 2.86. The van der Waals surface area contributed by atoms with Crippen LogP contribution in [0, 0.1) is 5.92 Å². The smallest absolute Gasteiger partial charge is 0.320 e. The fourth-order valence-electron chi connectivity index (χ4n) is 4.04. The van der Waals surface area contributed by atoms with Gasteiger partial charge in [-0.05, 0) is 55.7 Å². The molecule has 2 saturated heterocycles. The third kappa shape index (κ3) is 4.50. The van der Waals surface area contributed by atoms with E-state index in [-0.39, 0.29) is 18.0 Å². The molecule has 2 atom stereocenters. The minimum Gasteiger partial charge on any atom is -0.356 e. The highest BCUT2D eigenvalue weighted by Gasteiger charge is 2.34. The molecule has 2 unspecified atom stereocenters. The minimum atomic E-state index is 0.0148. The third-order valence-electron chi connectivity index (χ3n) is 5.31. The summed E-state index contributed by atoms with van der Waals surface area (Å²) in [6, 6.07) is 4.38. The average molecular weight is 344 g/mol. The summed E-state index contributed by atoms with van der Waals surface area (Å²) in [7, 11) is 0. The zero-order valence-electron chi connectivity index (χ0n) is 15.0. The van der Waals surface area contributed by atoms with Crippen molar-refractivity contribution in [1.82, 2.24) is 20.1 Å². The fraction of sp³-hybridized carbons (Fsp3) is 0.632. The Kier molecular flexibility index (Phi) is 5.89. The molecule has 6 heteroatoms. The van der Waals surface area contributed by atoms with Gasteiger partial charge in [0.25, 0.3) is 0 Å². The average Bonchev–Trinajstić information content (AvgIpc) is 3.11. The molecule has 25 heavy (non-hydrogen) atoms. The number of rotatable bonds is 4. The molecular weight excluding hydrogens is 316 g/mol. The van der Waals surface area contributed by atoms with E-state index < -0.39 is 0 Å². The Morgan fingerprint density at radius 2 is 1.96 bits per heavy atom. The molecule has 0 aliphatic carbocycles. The van der Waals surface area contributed by atoms with Crippen molar-refractivity contribution >= 4 is 11.9 Å². The number of carbonyl (C=O) groups excluding carboxylic acids is 2. The lowest BCUT2D eigenvalue weighted by molar-refractivity contribution is -0.119. The van der Waals surface area contributed by atoms with Crippen LogP contribution >= 0.6 is 0 Å². The summed E-state index contributed by atoms with van der Waals surface area (Å²) in [5.74, 6) is 0.493. The summed E-state index contributed by atoms with van der Waals surface area (Å²) < 4.78 is 0. The lowest BCUT2D eigenvalue weighted by atomic mass is 9.95. The molecule has 136 valence electrons. The van der Waals surface area contributed by atoms with Crippen LogP contribution in [0.5, 0.6) is 0 Å². The maximum absolute atomic E-state index is 13.1. The molecule has 0 bridgehead atoms. The van der Waals surface area contributed by atoms with Crippen LogP contribution in [0.1, 0.15) is 50.6 Å². The van der Waals surface area contributed by atoms with Crippen molar-refractivity contribution in [3.05, 3.63) is 30.1 Å². The summed E-state index contributed by atoms with van der Waals surface area (Å²) in [6.07, 6.45) is 8.80. The Morgan fingerprint density at radius 1 is 1.20 bits per heavy atom. The van der Waals surface area contributed by atoms with E-state index in [2.05, 4.69) is 10.3 Å². The predicted molar refractivity (Wildman–Crippen MR) is 95.9 cm³/mol. The van der Waals surface area contributed by atoms with Gasteiger partial charge in [-0.2, -0.15) is 0 Å². The van der Waals surface area contributed by atoms with E-state index >= 15 is 0 Å². The molecule has 0 radical (unpaired) electrons. The lowest BCUT2D eigenvalue weighted by Crippen LogP contribution is -2.47. The molecule has 2 aliphatic heterocycles. The third-order valence-corrected chi connectivity index (χ3v) is 5.31. The van der Waals surface area contributed by atoms with Crippen molar-refractivity contribution < 1.29 is 9.59 Å². The number of urea groups is 1. The first-order valence-electron chi connectivity index (χ1n) is 9.35. The molecule has 6 nitrogen and oxygen atoms in total. The largest absolute Gasteiger partial charge is 0.356 e. The Labute approximate surface area is 149 Å². The number of carbonyl (C=O) groups is 2. The van der Waals surface area contributed by atoms with Crippen LogP contribution in [-0.4, -0.2) is 52.9 Å². The van der Waals surface area contributed by atoms with Crippen LogP contribution in [0.2, 0.25) is 0 Å². The van der Waals surface area contributed by atoms with Gasteiger partial charge in [0.15, 0.2) is 0 Å². The molecule has 0 saturated carbocycles. The van der Waals surface area contributed by atoms with E-state index in [1.165, 1.54) is 5.56 Å². The van der Waals surface area contributed by atoms with E-state index in [0.29, 0.717) is 12.5 Å². The van der Waals surface area contributed by atoms with Gasteiger partial charge in [0.2, 0.25) is 5.91 Å². The van der Waals surface area contributed by atoms with Crippen LogP contribution in [0.25, 0.3) is 0 Å². The van der Waals surface area contributed by atoms with Crippen LogP contribution in [-0.2, 0) is 4.79 Å². The zero-order chi connectivity index (χ0) is 17.6. The normalized spacial score (nSPS) is 23.6. The SMILES string of the molecule is CC(=O)NCCC1CCCN(C(=O)N2CCCC2c2ccncc2)C1. The van der Waals surface area contributed by atoms with Crippen molar-refractivity contribution in [2.75, 3.05) is 26.2 Å². The fourth-order valence-corrected chi connectivity index (χ4v) is 4.04. The molecule has 2 aliphatic rings. The predicted octanol–water partition coefficient (Wildman–Crippen LogP) is 2.58. The topological polar surface area (TPSA) is 65.5 Å². The Hall–Kier alpha value is -2.11. The van der Waals surface area contributed by atoms with Gasteiger partial charge in [0.1, 0.15) is 0 Å². The van der Waals surface area contributed by atoms with Crippen molar-refractivity contribution in [2.45, 2.75) is 45.1 Å². The maximum Gasteiger partial charge on any atom is 0.320 e. The van der Waals surface area contributed by atoms with E-state index in [0.717, 1.165) is 51.7 Å². The molecule has 2 fully saturated rings. The number of piperidine rings is 1. The summed E-state index contributed by atoms with van der Waals surface area (Å²) in [5.41, 5.74) is 1.18. The Balaban J connectivity index is 1.58. The number of aromatic nitrogens is 1. The number of amides is 3. The number of likely N-dealkylation sites (tertiary alicyclic amines) is 2. The Morgan fingerprint density at radius 3 is 2.72 bits per heavy atom. The number of nitrogens with zero attached hydrogens (tertiary/aromatic N) is 3. The first-order chi connectivity index (χ1) is 12.1. The van der Waals surface area contributed by atoms with Crippen LogP contribution < -0.4 is 5.32 Å². The molecule has 3 rings (SSSR count). The van der Waals surface area contributed by atoms with Gasteiger partial charge >= 0.3 is 6.03 Å². The monoisotopic (exact) mass is 344 g/mol. The van der Waals surface area contributed by atoms with Crippen LogP contribution in [0.4, 0.5) is 4.79 Å². The number of hydrogen-bond donors (Lipinski definition) is 1. The van der Waals surface area contributed by atoms with E-state index in [4.69, 9.17) is 0 Å². The highest BCUT2D eigenvalue weighted by Crippen LogP contribution is 2.33. The second-order valence-corrected chi connectivity index (χ2v) is 7.14. The van der Waals surface area contributed by atoms with Crippen LogP contribution in [0.15, 0.2) is 24.5 Å². The van der Waals surface area contributed by atoms with E-state index in [9.17, 15) is 9.59 Å². The van der Waals surface area contributed by atoms with Crippen molar-refractivity contribution in [1.29, 1.82) is 0 Å². The number of hydrogen-bond acceptors (Lipinski definition) is 3. The summed E-state index contributed by atoms with van der Waals surface area (Å²) in [4.78, 5) is 32.2. The molecule has 0 spiro atoms. The van der Waals surface area contributed by atoms with Crippen molar-refractivity contribution in [3.8, 4) is 0 Å². The molecule has 3 amide bonds. The van der Waals surface area contributed by atoms with Crippen molar-refractivity contribution in [2.24, 2.45) is 5.92 Å². The molecule has 1 aromatic rings. The molecular formula is C19H28N4O2. The quantitative estimate of drug-likeness (QED) is 0.913. The van der Waals surface area contributed by atoms with Crippen LogP contribution in [0.3, 0.4) is 0 Å². The molecule has 3 heterocycles.